The standard InChI is InChI=1S/C29H45FN4O6/c1-9-15-34(27(37)40-28(5,6)7)23(14-13-22(17-35)38-8)25-32-24(20(4)26(36)33-25)29(18-39-29)31-16-19(3)11-12-21(30)10-2/h10-12,22-23,31,35H,3,9,13-18H2,1-2,4-8H3,(H,32,33,36). The number of rotatable bonds is 15. The normalized spacial score (nSPS) is 19.0. The summed E-state index contributed by atoms with van der Waals surface area (Å²) in [7, 11) is 1.51. The highest BCUT2D eigenvalue weighted by Crippen LogP contribution is 2.37. The molecule has 1 aromatic rings. The Bertz CT molecular complexity index is 1130. The number of carbonyl (C=O) groups excluding carboxylic acids is 1. The number of nitrogens with one attached hydrogen (secondary N) is 2. The predicted molar refractivity (Wildman–Crippen MR) is 151 cm³/mol. The van der Waals surface area contributed by atoms with E-state index in [1.807, 2.05) is 6.92 Å². The molecule has 10 nitrogen and oxygen atoms in total. The van der Waals surface area contributed by atoms with Crippen molar-refractivity contribution in [2.75, 3.05) is 33.4 Å². The largest absolute Gasteiger partial charge is 0.444 e. The van der Waals surface area contributed by atoms with Crippen molar-refractivity contribution in [1.82, 2.24) is 20.2 Å². The first-order valence-electron chi connectivity index (χ1n) is 13.6. The summed E-state index contributed by atoms with van der Waals surface area (Å²) in [6.07, 6.45) is 4.65. The summed E-state index contributed by atoms with van der Waals surface area (Å²) in [5.41, 5.74) is -0.718. The third kappa shape index (κ3) is 9.36. The van der Waals surface area contributed by atoms with Crippen LogP contribution in [0, 0.1) is 6.92 Å². The average Bonchev–Trinajstić information content (AvgIpc) is 3.69. The molecule has 1 amide bonds. The minimum absolute atomic E-state index is 0.191. The number of nitrogens with zero attached hydrogens (tertiary/aromatic N) is 2. The SMILES string of the molecule is C=C(C=CC(F)=CC)CNC1(c2nc(C(CCC(CO)OC)N(CCC)C(=O)OC(C)(C)C)[nH]c(=O)c2C)CO1. The zero-order valence-electron chi connectivity index (χ0n) is 24.8. The molecule has 0 aliphatic carbocycles. The first-order chi connectivity index (χ1) is 18.8. The second kappa shape index (κ2) is 14.7. The number of aliphatic hydroxyl groups excluding tert-OH is 1. The molecule has 3 N–H and O–H groups in total. The van der Waals surface area contributed by atoms with E-state index in [9.17, 15) is 19.1 Å². The van der Waals surface area contributed by atoms with Gasteiger partial charge in [0.2, 0.25) is 0 Å². The van der Waals surface area contributed by atoms with Crippen LogP contribution in [0.15, 0.2) is 41.0 Å². The molecule has 0 bridgehead atoms. The van der Waals surface area contributed by atoms with Gasteiger partial charge in [-0.3, -0.25) is 15.0 Å². The van der Waals surface area contributed by atoms with Gasteiger partial charge in [-0.1, -0.05) is 25.7 Å². The van der Waals surface area contributed by atoms with E-state index in [1.165, 1.54) is 19.3 Å². The third-order valence-corrected chi connectivity index (χ3v) is 6.42. The van der Waals surface area contributed by atoms with Gasteiger partial charge in [0.1, 0.15) is 22.9 Å². The lowest BCUT2D eigenvalue weighted by molar-refractivity contribution is 0.00724. The number of hydrogen-bond acceptors (Lipinski definition) is 8. The molecule has 0 aromatic carbocycles. The van der Waals surface area contributed by atoms with Gasteiger partial charge in [0, 0.05) is 25.8 Å². The van der Waals surface area contributed by atoms with E-state index in [0.717, 1.165) is 0 Å². The molecule has 11 heteroatoms. The summed E-state index contributed by atoms with van der Waals surface area (Å²) >= 11 is 0. The molecule has 224 valence electrons. The zero-order chi connectivity index (χ0) is 30.1. The molecule has 0 spiro atoms. The van der Waals surface area contributed by atoms with Crippen LogP contribution in [0.5, 0.6) is 0 Å². The van der Waals surface area contributed by atoms with Crippen molar-refractivity contribution in [3.05, 3.63) is 63.6 Å². The van der Waals surface area contributed by atoms with E-state index in [4.69, 9.17) is 19.2 Å². The molecule has 1 aliphatic rings. The van der Waals surface area contributed by atoms with Gasteiger partial charge in [0.15, 0.2) is 5.72 Å². The number of hydrogen-bond donors (Lipinski definition) is 3. The molecule has 0 radical (unpaired) electrons. The van der Waals surface area contributed by atoms with E-state index < -0.39 is 29.6 Å². The van der Waals surface area contributed by atoms with Crippen LogP contribution in [-0.2, 0) is 19.9 Å². The summed E-state index contributed by atoms with van der Waals surface area (Å²) in [4.78, 5) is 35.7. The van der Waals surface area contributed by atoms with Gasteiger partial charge in [-0.05, 0) is 65.5 Å². The van der Waals surface area contributed by atoms with Crippen LogP contribution < -0.4 is 10.9 Å². The fourth-order valence-corrected chi connectivity index (χ4v) is 4.11. The highest BCUT2D eigenvalue weighted by Gasteiger charge is 2.50. The quantitative estimate of drug-likeness (QED) is 0.212. The fourth-order valence-electron chi connectivity index (χ4n) is 4.11. The number of aliphatic hydroxyl groups is 1. The maximum atomic E-state index is 13.5. The summed E-state index contributed by atoms with van der Waals surface area (Å²) in [6, 6.07) is -0.663. The predicted octanol–water partition coefficient (Wildman–Crippen LogP) is 4.31. The Morgan fingerprint density at radius 2 is 2.05 bits per heavy atom. The molecule has 1 fully saturated rings. The van der Waals surface area contributed by atoms with Crippen molar-refractivity contribution >= 4 is 6.09 Å². The molecule has 40 heavy (non-hydrogen) atoms. The average molecular weight is 565 g/mol. The van der Waals surface area contributed by atoms with Crippen LogP contribution in [-0.4, -0.2) is 71.2 Å². The molecular weight excluding hydrogens is 519 g/mol. The molecular formula is C29H45FN4O6. The minimum Gasteiger partial charge on any atom is -0.444 e. The zero-order valence-corrected chi connectivity index (χ0v) is 24.8. The van der Waals surface area contributed by atoms with Gasteiger partial charge < -0.3 is 24.3 Å². The molecule has 0 saturated carbocycles. The number of methoxy groups -OCH3 is 1. The molecule has 1 aromatic heterocycles. The molecule has 1 aliphatic heterocycles. The van der Waals surface area contributed by atoms with Crippen LogP contribution in [0.25, 0.3) is 0 Å². The summed E-state index contributed by atoms with van der Waals surface area (Å²) in [6.45, 7) is 15.2. The molecule has 1 saturated heterocycles. The Balaban J connectivity index is 2.48. The van der Waals surface area contributed by atoms with Crippen LogP contribution in [0.1, 0.15) is 77.0 Å². The molecule has 2 heterocycles. The van der Waals surface area contributed by atoms with Crippen LogP contribution in [0.2, 0.25) is 0 Å². The summed E-state index contributed by atoms with van der Waals surface area (Å²) in [5.74, 6) is -0.0943. The maximum Gasteiger partial charge on any atom is 0.410 e. The monoisotopic (exact) mass is 564 g/mol. The van der Waals surface area contributed by atoms with E-state index >= 15 is 0 Å². The maximum absolute atomic E-state index is 13.5. The number of ether oxygens (including phenoxy) is 3. The van der Waals surface area contributed by atoms with Gasteiger partial charge in [0.05, 0.1) is 25.4 Å². The van der Waals surface area contributed by atoms with E-state index in [2.05, 4.69) is 16.9 Å². The highest BCUT2D eigenvalue weighted by molar-refractivity contribution is 5.68. The van der Waals surface area contributed by atoms with Crippen LogP contribution in [0.3, 0.4) is 0 Å². The number of carbonyl (C=O) groups is 1. The fraction of sp³-hybridized carbons (Fsp3) is 0.621. The lowest BCUT2D eigenvalue weighted by Crippen LogP contribution is -2.42. The first-order valence-corrected chi connectivity index (χ1v) is 13.6. The second-order valence-corrected chi connectivity index (χ2v) is 10.9. The second-order valence-electron chi connectivity index (χ2n) is 10.9. The first kappa shape index (κ1) is 33.3. The van der Waals surface area contributed by atoms with Crippen molar-refractivity contribution in [3.8, 4) is 0 Å². The Kier molecular flexibility index (Phi) is 12.2. The van der Waals surface area contributed by atoms with Gasteiger partial charge in [-0.2, -0.15) is 0 Å². The number of allylic oxidation sites excluding steroid dienone is 3. The Morgan fingerprint density at radius 3 is 2.58 bits per heavy atom. The number of aromatic amines is 1. The third-order valence-electron chi connectivity index (χ3n) is 6.42. The van der Waals surface area contributed by atoms with Crippen molar-refractivity contribution < 1.29 is 28.5 Å². The summed E-state index contributed by atoms with van der Waals surface area (Å²) in [5, 5.41) is 12.9. The van der Waals surface area contributed by atoms with E-state index in [1.54, 1.807) is 45.6 Å². The van der Waals surface area contributed by atoms with Crippen LogP contribution >= 0.6 is 0 Å². The number of halogens is 1. The van der Waals surface area contributed by atoms with E-state index in [0.29, 0.717) is 42.6 Å². The molecule has 3 atom stereocenters. The van der Waals surface area contributed by atoms with Crippen molar-refractivity contribution in [1.29, 1.82) is 0 Å². The van der Waals surface area contributed by atoms with Crippen LogP contribution in [0.4, 0.5) is 9.18 Å². The van der Waals surface area contributed by atoms with Crippen molar-refractivity contribution in [2.45, 2.75) is 84.3 Å². The van der Waals surface area contributed by atoms with E-state index in [-0.39, 0.29) is 37.0 Å². The topological polar surface area (TPSA) is 129 Å². The number of amides is 1. The van der Waals surface area contributed by atoms with Gasteiger partial charge in [-0.25, -0.2) is 14.2 Å². The molecule has 3 unspecified atom stereocenters. The van der Waals surface area contributed by atoms with Crippen molar-refractivity contribution in [3.63, 3.8) is 0 Å². The smallest absolute Gasteiger partial charge is 0.410 e. The number of H-pyrrole nitrogens is 1. The lowest BCUT2D eigenvalue weighted by Gasteiger charge is -2.34. The van der Waals surface area contributed by atoms with Gasteiger partial charge in [-0.15, -0.1) is 0 Å². The molecule has 2 rings (SSSR count). The highest BCUT2D eigenvalue weighted by atomic mass is 19.1. The van der Waals surface area contributed by atoms with Gasteiger partial charge >= 0.3 is 6.09 Å². The minimum atomic E-state index is -1.02. The Morgan fingerprint density at radius 1 is 1.38 bits per heavy atom. The Labute approximate surface area is 236 Å². The lowest BCUT2D eigenvalue weighted by atomic mass is 10.0. The Hall–Kier alpha value is -2.86. The van der Waals surface area contributed by atoms with Gasteiger partial charge in [0.25, 0.3) is 5.56 Å². The number of aromatic nitrogens is 2. The summed E-state index contributed by atoms with van der Waals surface area (Å²) < 4.78 is 30.3. The van der Waals surface area contributed by atoms with Crippen molar-refractivity contribution in [2.24, 2.45) is 0 Å². The number of epoxide rings is 1.